The first-order valence-electron chi connectivity index (χ1n) is 8.27. The van der Waals surface area contributed by atoms with Gasteiger partial charge in [0.2, 0.25) is 0 Å². The lowest BCUT2D eigenvalue weighted by molar-refractivity contribution is -0.0884. The number of rotatable bonds is 5. The Bertz CT molecular complexity index is 1010. The first-order valence-corrected chi connectivity index (χ1v) is 9.06. The van der Waals surface area contributed by atoms with Gasteiger partial charge < -0.3 is 9.30 Å². The molecule has 0 saturated heterocycles. The molecular formula is C20H17BrF3NO2. The molecule has 0 N–H and O–H groups in total. The molecule has 3 rings (SSSR count). The molecule has 7 heteroatoms. The Morgan fingerprint density at radius 2 is 1.89 bits per heavy atom. The largest absolute Gasteiger partial charge is 0.491 e. The van der Waals surface area contributed by atoms with Crippen molar-refractivity contribution in [3.8, 4) is 5.75 Å². The van der Waals surface area contributed by atoms with Gasteiger partial charge in [-0.2, -0.15) is 13.2 Å². The van der Waals surface area contributed by atoms with Gasteiger partial charge in [0.25, 0.3) is 5.78 Å². The van der Waals surface area contributed by atoms with E-state index in [4.69, 9.17) is 4.74 Å². The quantitative estimate of drug-likeness (QED) is 0.467. The lowest BCUT2D eigenvalue weighted by Crippen LogP contribution is -2.22. The summed E-state index contributed by atoms with van der Waals surface area (Å²) >= 11 is 3.25. The lowest BCUT2D eigenvalue weighted by atomic mass is 10.1. The molecule has 0 aliphatic rings. The van der Waals surface area contributed by atoms with E-state index in [9.17, 15) is 18.0 Å². The number of Topliss-reactive ketones (excluding diaryl/α,β-unsaturated/α-hetero) is 1. The average Bonchev–Trinajstić information content (AvgIpc) is 2.94. The van der Waals surface area contributed by atoms with Crippen molar-refractivity contribution in [2.24, 2.45) is 0 Å². The van der Waals surface area contributed by atoms with Crippen LogP contribution in [-0.2, 0) is 6.54 Å². The van der Waals surface area contributed by atoms with Gasteiger partial charge in [0.15, 0.2) is 0 Å². The van der Waals surface area contributed by atoms with Gasteiger partial charge in [-0.15, -0.1) is 0 Å². The molecule has 2 aromatic carbocycles. The van der Waals surface area contributed by atoms with Gasteiger partial charge in [0, 0.05) is 21.6 Å². The van der Waals surface area contributed by atoms with E-state index in [0.717, 1.165) is 16.9 Å². The van der Waals surface area contributed by atoms with Crippen LogP contribution in [0.1, 0.15) is 21.5 Å². The summed E-state index contributed by atoms with van der Waals surface area (Å²) in [6.45, 7) is 4.47. The van der Waals surface area contributed by atoms with E-state index >= 15 is 0 Å². The summed E-state index contributed by atoms with van der Waals surface area (Å²) in [6.07, 6.45) is -3.67. The number of hydrogen-bond donors (Lipinski definition) is 0. The van der Waals surface area contributed by atoms with Crippen molar-refractivity contribution < 1.29 is 22.7 Å². The molecule has 0 unspecified atom stereocenters. The average molecular weight is 440 g/mol. The minimum absolute atomic E-state index is 0.262. The van der Waals surface area contributed by atoms with E-state index in [-0.39, 0.29) is 17.6 Å². The maximum atomic E-state index is 12.9. The first kappa shape index (κ1) is 19.5. The third-order valence-electron chi connectivity index (χ3n) is 4.28. The molecule has 1 heterocycles. The normalized spacial score (nSPS) is 11.8. The molecule has 0 aliphatic carbocycles. The number of nitrogens with zero attached hydrogens (tertiary/aromatic N) is 1. The molecule has 0 radical (unpaired) electrons. The predicted octanol–water partition coefficient (Wildman–Crippen LogP) is 5.84. The molecule has 3 aromatic rings. The van der Waals surface area contributed by atoms with Gasteiger partial charge in [-0.1, -0.05) is 28.1 Å². The maximum Gasteiger partial charge on any atom is 0.454 e. The molecule has 0 amide bonds. The number of fused-ring (bicyclic) bond motifs is 1. The van der Waals surface area contributed by atoms with Gasteiger partial charge in [-0.05, 0) is 49.2 Å². The number of benzene rings is 2. The van der Waals surface area contributed by atoms with Crippen LogP contribution in [0.4, 0.5) is 13.2 Å². The fourth-order valence-corrected chi connectivity index (χ4v) is 3.27. The summed E-state index contributed by atoms with van der Waals surface area (Å²) in [4.78, 5) is 11.8. The monoisotopic (exact) mass is 439 g/mol. The molecule has 0 spiro atoms. The number of ketones is 1. The second kappa shape index (κ2) is 7.38. The smallest absolute Gasteiger partial charge is 0.454 e. The van der Waals surface area contributed by atoms with Crippen molar-refractivity contribution >= 4 is 32.6 Å². The summed E-state index contributed by atoms with van der Waals surface area (Å²) < 4.78 is 46.8. The molecule has 0 aliphatic heterocycles. The molecule has 142 valence electrons. The van der Waals surface area contributed by atoms with Crippen molar-refractivity contribution in [3.05, 3.63) is 63.8 Å². The Labute approximate surface area is 162 Å². The standard InChI is InChI=1S/C20H17BrF3NO2/c1-12-3-4-13(2)18(9-12)27-8-7-25-11-16(19(26)20(22,23)24)15-10-14(21)5-6-17(15)25/h3-6,9-11H,7-8H2,1-2H3. The highest BCUT2D eigenvalue weighted by atomic mass is 79.9. The number of carbonyl (C=O) groups excluding carboxylic acids is 1. The number of ether oxygens (including phenoxy) is 1. The lowest BCUT2D eigenvalue weighted by Gasteiger charge is -2.11. The maximum absolute atomic E-state index is 12.9. The van der Waals surface area contributed by atoms with E-state index in [1.807, 2.05) is 32.0 Å². The predicted molar refractivity (Wildman–Crippen MR) is 101 cm³/mol. The van der Waals surface area contributed by atoms with E-state index < -0.39 is 12.0 Å². The Balaban J connectivity index is 1.88. The summed E-state index contributed by atoms with van der Waals surface area (Å²) in [7, 11) is 0. The van der Waals surface area contributed by atoms with Gasteiger partial charge in [-0.25, -0.2) is 0 Å². The van der Waals surface area contributed by atoms with E-state index in [0.29, 0.717) is 16.5 Å². The number of alkyl halides is 3. The SMILES string of the molecule is Cc1ccc(C)c(OCCn2cc(C(=O)C(F)(F)F)c3cc(Br)ccc32)c1. The van der Waals surface area contributed by atoms with Crippen LogP contribution in [0.5, 0.6) is 5.75 Å². The van der Waals surface area contributed by atoms with Crippen molar-refractivity contribution in [1.82, 2.24) is 4.57 Å². The summed E-state index contributed by atoms with van der Waals surface area (Å²) in [6, 6.07) is 10.8. The summed E-state index contributed by atoms with van der Waals surface area (Å²) in [5, 5.41) is 0.262. The van der Waals surface area contributed by atoms with Crippen molar-refractivity contribution in [2.45, 2.75) is 26.6 Å². The van der Waals surface area contributed by atoms with Gasteiger partial charge >= 0.3 is 6.18 Å². The van der Waals surface area contributed by atoms with Crippen LogP contribution in [0.15, 0.2) is 47.1 Å². The zero-order chi connectivity index (χ0) is 19.8. The number of hydrogen-bond acceptors (Lipinski definition) is 2. The minimum Gasteiger partial charge on any atom is -0.491 e. The van der Waals surface area contributed by atoms with Crippen LogP contribution >= 0.6 is 15.9 Å². The second-order valence-electron chi connectivity index (χ2n) is 6.34. The van der Waals surface area contributed by atoms with E-state index in [1.165, 1.54) is 12.3 Å². The molecular weight excluding hydrogens is 423 g/mol. The Hall–Kier alpha value is -2.28. The summed E-state index contributed by atoms with van der Waals surface area (Å²) in [5.41, 5.74) is 2.24. The molecule has 3 nitrogen and oxygen atoms in total. The third-order valence-corrected chi connectivity index (χ3v) is 4.77. The van der Waals surface area contributed by atoms with Crippen molar-refractivity contribution in [1.29, 1.82) is 0 Å². The van der Waals surface area contributed by atoms with Crippen LogP contribution in [0, 0.1) is 13.8 Å². The van der Waals surface area contributed by atoms with Crippen LogP contribution in [0.2, 0.25) is 0 Å². The molecule has 0 atom stereocenters. The zero-order valence-electron chi connectivity index (χ0n) is 14.7. The number of aromatic nitrogens is 1. The Morgan fingerprint density at radius 3 is 2.59 bits per heavy atom. The van der Waals surface area contributed by atoms with Crippen LogP contribution in [-0.4, -0.2) is 23.1 Å². The van der Waals surface area contributed by atoms with Crippen molar-refractivity contribution in [2.75, 3.05) is 6.61 Å². The molecule has 0 fully saturated rings. The Morgan fingerprint density at radius 1 is 1.15 bits per heavy atom. The third kappa shape index (κ3) is 4.18. The fourth-order valence-electron chi connectivity index (χ4n) is 2.90. The highest BCUT2D eigenvalue weighted by molar-refractivity contribution is 9.10. The molecule has 27 heavy (non-hydrogen) atoms. The van der Waals surface area contributed by atoms with Gasteiger partial charge in [0.1, 0.15) is 12.4 Å². The zero-order valence-corrected chi connectivity index (χ0v) is 16.3. The van der Waals surface area contributed by atoms with Gasteiger partial charge in [0.05, 0.1) is 12.1 Å². The Kier molecular flexibility index (Phi) is 5.33. The number of carbonyl (C=O) groups is 1. The minimum atomic E-state index is -4.92. The van der Waals surface area contributed by atoms with Gasteiger partial charge in [-0.3, -0.25) is 4.79 Å². The van der Waals surface area contributed by atoms with E-state index in [2.05, 4.69) is 15.9 Å². The number of halogens is 4. The molecule has 0 saturated carbocycles. The first-order chi connectivity index (χ1) is 12.7. The fraction of sp³-hybridized carbons (Fsp3) is 0.250. The van der Waals surface area contributed by atoms with Crippen LogP contribution in [0.3, 0.4) is 0 Å². The molecule has 0 bridgehead atoms. The summed E-state index contributed by atoms with van der Waals surface area (Å²) in [5.74, 6) is -1.11. The highest BCUT2D eigenvalue weighted by Gasteiger charge is 2.40. The molecule has 1 aromatic heterocycles. The van der Waals surface area contributed by atoms with Crippen molar-refractivity contribution in [3.63, 3.8) is 0 Å². The van der Waals surface area contributed by atoms with Crippen LogP contribution in [0.25, 0.3) is 10.9 Å². The topological polar surface area (TPSA) is 31.2 Å². The van der Waals surface area contributed by atoms with E-state index in [1.54, 1.807) is 16.7 Å². The van der Waals surface area contributed by atoms with Crippen LogP contribution < -0.4 is 4.74 Å². The second-order valence-corrected chi connectivity index (χ2v) is 7.26. The highest BCUT2D eigenvalue weighted by Crippen LogP contribution is 2.30. The number of aryl methyl sites for hydroxylation is 2.